The molecule has 0 unspecified atom stereocenters. The molecule has 1 atom stereocenters. The molecule has 8 nitrogen and oxygen atoms in total. The lowest BCUT2D eigenvalue weighted by atomic mass is 10.0. The molecule has 1 N–H and O–H groups in total. The van der Waals surface area contributed by atoms with E-state index in [-0.39, 0.29) is 18.9 Å². The lowest BCUT2D eigenvalue weighted by Crippen LogP contribution is -2.53. The first-order chi connectivity index (χ1) is 19.1. The Bertz CT molecular complexity index is 1370. The molecule has 2 amide bonds. The first kappa shape index (κ1) is 31.0. The second-order valence-corrected chi connectivity index (χ2v) is 11.6. The van der Waals surface area contributed by atoms with Crippen LogP contribution in [0.1, 0.15) is 31.4 Å². The van der Waals surface area contributed by atoms with E-state index < -0.39 is 28.5 Å². The average molecular weight is 586 g/mol. The minimum Gasteiger partial charge on any atom is -0.494 e. The fourth-order valence-electron chi connectivity index (χ4n) is 4.22. The number of rotatable bonds is 14. The molecule has 0 saturated carbocycles. The SMILES string of the molecule is CCCNC(=O)[C@H](Cc1ccccc1)N(Cc1ccccc1Cl)C(=O)CN(c1ccc(OCC)cc1)S(C)(=O)=O. The van der Waals surface area contributed by atoms with E-state index in [2.05, 4.69) is 5.32 Å². The summed E-state index contributed by atoms with van der Waals surface area (Å²) in [5.74, 6) is -0.271. The Kier molecular flexibility index (Phi) is 11.4. The molecule has 3 aromatic rings. The molecule has 3 aromatic carbocycles. The molecule has 0 fully saturated rings. The topological polar surface area (TPSA) is 96.0 Å². The number of ether oxygens (including phenoxy) is 1. The van der Waals surface area contributed by atoms with Crippen LogP contribution in [-0.4, -0.2) is 57.1 Å². The summed E-state index contributed by atoms with van der Waals surface area (Å²) in [4.78, 5) is 29.0. The van der Waals surface area contributed by atoms with E-state index in [1.165, 1.54) is 4.90 Å². The highest BCUT2D eigenvalue weighted by atomic mass is 35.5. The van der Waals surface area contributed by atoms with Gasteiger partial charge in [-0.3, -0.25) is 13.9 Å². The largest absolute Gasteiger partial charge is 0.494 e. The fraction of sp³-hybridized carbons (Fsp3) is 0.333. The Morgan fingerprint density at radius 3 is 2.20 bits per heavy atom. The monoisotopic (exact) mass is 585 g/mol. The quantitative estimate of drug-likeness (QED) is 0.297. The van der Waals surface area contributed by atoms with Gasteiger partial charge >= 0.3 is 0 Å². The molecular weight excluding hydrogens is 550 g/mol. The van der Waals surface area contributed by atoms with Gasteiger partial charge in [0.1, 0.15) is 18.3 Å². The molecule has 40 heavy (non-hydrogen) atoms. The Morgan fingerprint density at radius 2 is 1.60 bits per heavy atom. The van der Waals surface area contributed by atoms with E-state index in [0.717, 1.165) is 22.5 Å². The number of carbonyl (C=O) groups excluding carboxylic acids is 2. The summed E-state index contributed by atoms with van der Waals surface area (Å²) in [5, 5.41) is 3.35. The van der Waals surface area contributed by atoms with Gasteiger partial charge < -0.3 is 15.0 Å². The van der Waals surface area contributed by atoms with Crippen LogP contribution in [0.5, 0.6) is 5.75 Å². The van der Waals surface area contributed by atoms with Gasteiger partial charge in [0, 0.05) is 24.5 Å². The number of amides is 2. The number of hydrogen-bond donors (Lipinski definition) is 1. The number of halogens is 1. The van der Waals surface area contributed by atoms with E-state index in [1.807, 2.05) is 44.2 Å². The van der Waals surface area contributed by atoms with Crippen molar-refractivity contribution in [3.8, 4) is 5.75 Å². The highest BCUT2D eigenvalue weighted by molar-refractivity contribution is 7.92. The predicted molar refractivity (Wildman–Crippen MR) is 159 cm³/mol. The molecule has 3 rings (SSSR count). The van der Waals surface area contributed by atoms with Crippen molar-refractivity contribution < 1.29 is 22.7 Å². The third-order valence-corrected chi connectivity index (χ3v) is 7.74. The van der Waals surface area contributed by atoms with Crippen LogP contribution in [0.25, 0.3) is 0 Å². The van der Waals surface area contributed by atoms with Crippen molar-refractivity contribution in [2.24, 2.45) is 0 Å². The Balaban J connectivity index is 2.03. The van der Waals surface area contributed by atoms with Gasteiger partial charge in [0.15, 0.2) is 0 Å². The van der Waals surface area contributed by atoms with Gasteiger partial charge in [0.25, 0.3) is 0 Å². The Hall–Kier alpha value is -3.56. The summed E-state index contributed by atoms with van der Waals surface area (Å²) in [7, 11) is -3.85. The second-order valence-electron chi connectivity index (χ2n) is 9.31. The first-order valence-corrected chi connectivity index (χ1v) is 15.4. The highest BCUT2D eigenvalue weighted by Crippen LogP contribution is 2.24. The molecule has 0 aliphatic rings. The maximum Gasteiger partial charge on any atom is 0.244 e. The van der Waals surface area contributed by atoms with Crippen molar-refractivity contribution >= 4 is 39.1 Å². The van der Waals surface area contributed by atoms with Crippen LogP contribution in [0.15, 0.2) is 78.9 Å². The molecule has 214 valence electrons. The molecule has 0 aliphatic heterocycles. The van der Waals surface area contributed by atoms with Crippen molar-refractivity contribution in [2.45, 2.75) is 39.3 Å². The van der Waals surface area contributed by atoms with E-state index in [4.69, 9.17) is 16.3 Å². The van der Waals surface area contributed by atoms with Gasteiger partial charge in [-0.15, -0.1) is 0 Å². The maximum atomic E-state index is 14.0. The van der Waals surface area contributed by atoms with Crippen molar-refractivity contribution in [2.75, 3.05) is 30.3 Å². The molecule has 0 aliphatic carbocycles. The second kappa shape index (κ2) is 14.7. The summed E-state index contributed by atoms with van der Waals surface area (Å²) >= 11 is 6.46. The van der Waals surface area contributed by atoms with Gasteiger partial charge in [0.05, 0.1) is 18.6 Å². The average Bonchev–Trinajstić information content (AvgIpc) is 2.93. The first-order valence-electron chi connectivity index (χ1n) is 13.2. The standard InChI is InChI=1S/C30H36ClN3O5S/c1-4-19-32-30(36)28(20-23-11-7-6-8-12-23)33(21-24-13-9-10-14-27(24)31)29(35)22-34(40(3,37)38)25-15-17-26(18-16-25)39-5-2/h6-18,28H,4-5,19-22H2,1-3H3,(H,32,36)/t28-/m0/s1. The van der Waals surface area contributed by atoms with E-state index in [9.17, 15) is 18.0 Å². The molecule has 0 aromatic heterocycles. The summed E-state index contributed by atoms with van der Waals surface area (Å²) in [6, 6.07) is 22.1. The van der Waals surface area contributed by atoms with Crippen molar-refractivity contribution in [1.82, 2.24) is 10.2 Å². The van der Waals surface area contributed by atoms with Crippen molar-refractivity contribution in [3.05, 3.63) is 95.0 Å². The fourth-order valence-corrected chi connectivity index (χ4v) is 5.26. The zero-order chi connectivity index (χ0) is 29.1. The Morgan fingerprint density at radius 1 is 0.950 bits per heavy atom. The Labute approximate surface area is 241 Å². The van der Waals surface area contributed by atoms with E-state index in [1.54, 1.807) is 48.5 Å². The van der Waals surface area contributed by atoms with Crippen LogP contribution >= 0.6 is 11.6 Å². The number of carbonyl (C=O) groups is 2. The molecule has 0 radical (unpaired) electrons. The number of sulfonamides is 1. The summed E-state index contributed by atoms with van der Waals surface area (Å²) in [6.07, 6.45) is 2.01. The van der Waals surface area contributed by atoms with Crippen LogP contribution in [-0.2, 0) is 32.6 Å². The van der Waals surface area contributed by atoms with Gasteiger partial charge in [-0.1, -0.05) is 67.1 Å². The van der Waals surface area contributed by atoms with Crippen LogP contribution in [0, 0.1) is 0 Å². The zero-order valence-corrected chi connectivity index (χ0v) is 24.6. The van der Waals surface area contributed by atoms with Gasteiger partial charge in [-0.25, -0.2) is 8.42 Å². The highest BCUT2D eigenvalue weighted by Gasteiger charge is 2.33. The number of nitrogens with zero attached hydrogens (tertiary/aromatic N) is 2. The normalized spacial score (nSPS) is 11.9. The predicted octanol–water partition coefficient (Wildman–Crippen LogP) is 4.67. The molecule has 0 saturated heterocycles. The number of anilines is 1. The number of hydrogen-bond acceptors (Lipinski definition) is 5. The van der Waals surface area contributed by atoms with Crippen LogP contribution in [0.4, 0.5) is 5.69 Å². The minimum absolute atomic E-state index is 0.0242. The third-order valence-electron chi connectivity index (χ3n) is 6.23. The van der Waals surface area contributed by atoms with Crippen molar-refractivity contribution in [3.63, 3.8) is 0 Å². The van der Waals surface area contributed by atoms with Crippen LogP contribution < -0.4 is 14.4 Å². The molecule has 0 bridgehead atoms. The summed E-state index contributed by atoms with van der Waals surface area (Å²) in [5.41, 5.74) is 1.82. The lowest BCUT2D eigenvalue weighted by Gasteiger charge is -2.33. The molecular formula is C30H36ClN3O5S. The zero-order valence-electron chi connectivity index (χ0n) is 23.0. The summed E-state index contributed by atoms with van der Waals surface area (Å²) < 4.78 is 32.3. The third kappa shape index (κ3) is 8.72. The minimum atomic E-state index is -3.85. The van der Waals surface area contributed by atoms with Crippen LogP contribution in [0.3, 0.4) is 0 Å². The lowest BCUT2D eigenvalue weighted by molar-refractivity contribution is -0.140. The molecule has 10 heteroatoms. The van der Waals surface area contributed by atoms with Gasteiger partial charge in [0.2, 0.25) is 21.8 Å². The molecule has 0 heterocycles. The number of benzene rings is 3. The molecule has 0 spiro atoms. The van der Waals surface area contributed by atoms with Crippen molar-refractivity contribution in [1.29, 1.82) is 0 Å². The van der Waals surface area contributed by atoms with Crippen LogP contribution in [0.2, 0.25) is 5.02 Å². The number of nitrogens with one attached hydrogen (secondary N) is 1. The summed E-state index contributed by atoms with van der Waals surface area (Å²) in [6.45, 7) is 4.24. The maximum absolute atomic E-state index is 14.0. The van der Waals surface area contributed by atoms with Gasteiger partial charge in [-0.2, -0.15) is 0 Å². The van der Waals surface area contributed by atoms with E-state index >= 15 is 0 Å². The van der Waals surface area contributed by atoms with E-state index in [0.29, 0.717) is 35.2 Å². The van der Waals surface area contributed by atoms with Gasteiger partial charge in [-0.05, 0) is 54.8 Å². The smallest absolute Gasteiger partial charge is 0.244 e.